The van der Waals surface area contributed by atoms with Crippen LogP contribution in [0.15, 0.2) is 11.6 Å². The van der Waals surface area contributed by atoms with E-state index in [9.17, 15) is 9.59 Å². The molecule has 1 aliphatic rings. The molecular weight excluding hydrogens is 184 g/mol. The van der Waals surface area contributed by atoms with E-state index in [1.807, 2.05) is 0 Å². The van der Waals surface area contributed by atoms with Crippen molar-refractivity contribution in [2.45, 2.75) is 26.2 Å². The highest BCUT2D eigenvalue weighted by atomic mass is 16.5. The first-order valence-corrected chi connectivity index (χ1v) is 4.54. The minimum Gasteiger partial charge on any atom is -0.481 e. The van der Waals surface area contributed by atoms with Crippen molar-refractivity contribution >= 4 is 11.9 Å². The van der Waals surface area contributed by atoms with Crippen molar-refractivity contribution in [2.75, 3.05) is 7.11 Å². The molecule has 0 aromatic heterocycles. The summed E-state index contributed by atoms with van der Waals surface area (Å²) in [6.07, 6.45) is 3.70. The molecule has 0 aromatic rings. The molecule has 78 valence electrons. The van der Waals surface area contributed by atoms with Crippen molar-refractivity contribution < 1.29 is 19.4 Å². The summed E-state index contributed by atoms with van der Waals surface area (Å²) in [5.74, 6) is -1.50. The third-order valence-corrected chi connectivity index (χ3v) is 2.70. The lowest BCUT2D eigenvalue weighted by molar-refractivity contribution is -0.150. The van der Waals surface area contributed by atoms with E-state index in [0.717, 1.165) is 12.8 Å². The van der Waals surface area contributed by atoms with Gasteiger partial charge in [0.25, 0.3) is 0 Å². The van der Waals surface area contributed by atoms with Crippen molar-refractivity contribution in [3.63, 3.8) is 0 Å². The van der Waals surface area contributed by atoms with E-state index in [2.05, 4.69) is 4.74 Å². The van der Waals surface area contributed by atoms with Crippen LogP contribution in [0.1, 0.15) is 26.2 Å². The molecule has 1 aliphatic carbocycles. The lowest BCUT2D eigenvalue weighted by atomic mass is 9.74. The first-order valence-electron chi connectivity index (χ1n) is 4.54. The van der Waals surface area contributed by atoms with Crippen molar-refractivity contribution in [3.8, 4) is 0 Å². The van der Waals surface area contributed by atoms with Crippen molar-refractivity contribution in [3.05, 3.63) is 11.6 Å². The highest BCUT2D eigenvalue weighted by Crippen LogP contribution is 2.37. The van der Waals surface area contributed by atoms with Gasteiger partial charge in [-0.15, -0.1) is 0 Å². The molecule has 0 radical (unpaired) electrons. The fourth-order valence-electron chi connectivity index (χ4n) is 1.70. The van der Waals surface area contributed by atoms with Crippen LogP contribution in [-0.4, -0.2) is 24.2 Å². The largest absolute Gasteiger partial charge is 0.481 e. The number of carboxylic acids is 1. The molecule has 0 fully saturated rings. The molecule has 1 N–H and O–H groups in total. The lowest BCUT2D eigenvalue weighted by Gasteiger charge is -2.29. The molecule has 0 saturated carbocycles. The van der Waals surface area contributed by atoms with Crippen molar-refractivity contribution in [1.29, 1.82) is 0 Å². The van der Waals surface area contributed by atoms with E-state index in [-0.39, 0.29) is 5.57 Å². The van der Waals surface area contributed by atoms with E-state index < -0.39 is 17.4 Å². The van der Waals surface area contributed by atoms with Crippen LogP contribution in [0.3, 0.4) is 0 Å². The zero-order chi connectivity index (χ0) is 10.8. The van der Waals surface area contributed by atoms with E-state index >= 15 is 0 Å². The van der Waals surface area contributed by atoms with E-state index in [4.69, 9.17) is 5.11 Å². The summed E-state index contributed by atoms with van der Waals surface area (Å²) in [5.41, 5.74) is -0.801. The van der Waals surface area contributed by atoms with Gasteiger partial charge >= 0.3 is 11.9 Å². The first-order chi connectivity index (χ1) is 6.52. The number of carbonyl (C=O) groups excluding carboxylic acids is 1. The van der Waals surface area contributed by atoms with Crippen LogP contribution in [0, 0.1) is 5.41 Å². The molecule has 0 aliphatic heterocycles. The predicted molar refractivity (Wildman–Crippen MR) is 49.7 cm³/mol. The summed E-state index contributed by atoms with van der Waals surface area (Å²) in [7, 11) is 1.26. The van der Waals surface area contributed by atoms with Gasteiger partial charge in [-0.3, -0.25) is 4.79 Å². The summed E-state index contributed by atoms with van der Waals surface area (Å²) >= 11 is 0. The monoisotopic (exact) mass is 198 g/mol. The third-order valence-electron chi connectivity index (χ3n) is 2.70. The van der Waals surface area contributed by atoms with Crippen LogP contribution in [-0.2, 0) is 14.3 Å². The number of methoxy groups -OCH3 is 1. The summed E-state index contributed by atoms with van der Waals surface area (Å²) in [6.45, 7) is 1.57. The molecule has 4 nitrogen and oxygen atoms in total. The van der Waals surface area contributed by atoms with Gasteiger partial charge in [0.05, 0.1) is 18.1 Å². The average molecular weight is 198 g/mol. The zero-order valence-corrected chi connectivity index (χ0v) is 8.37. The topological polar surface area (TPSA) is 63.6 Å². The van der Waals surface area contributed by atoms with E-state index in [1.165, 1.54) is 7.11 Å². The van der Waals surface area contributed by atoms with Gasteiger partial charge in [-0.25, -0.2) is 4.79 Å². The van der Waals surface area contributed by atoms with Crippen LogP contribution in [0.4, 0.5) is 0 Å². The van der Waals surface area contributed by atoms with Gasteiger partial charge in [-0.05, 0) is 26.2 Å². The molecule has 0 bridgehead atoms. The summed E-state index contributed by atoms with van der Waals surface area (Å²) in [6, 6.07) is 0. The Morgan fingerprint density at radius 2 is 2.21 bits per heavy atom. The SMILES string of the molecule is COC(=O)C1=CCCC[C@@]1(C)C(=O)O. The molecular formula is C10H14O4. The maximum atomic E-state index is 11.3. The molecule has 1 rings (SSSR count). The smallest absolute Gasteiger partial charge is 0.334 e. The number of carboxylic acid groups (broad SMARTS) is 1. The van der Waals surface area contributed by atoms with E-state index in [1.54, 1.807) is 13.0 Å². The van der Waals surface area contributed by atoms with Gasteiger partial charge in [0.2, 0.25) is 0 Å². The fourth-order valence-corrected chi connectivity index (χ4v) is 1.70. The first kappa shape index (κ1) is 10.8. The Morgan fingerprint density at radius 1 is 1.57 bits per heavy atom. The minimum absolute atomic E-state index is 0.277. The van der Waals surface area contributed by atoms with Crippen LogP contribution >= 0.6 is 0 Å². The second-order valence-corrected chi connectivity index (χ2v) is 3.64. The Morgan fingerprint density at radius 3 is 2.71 bits per heavy atom. The second-order valence-electron chi connectivity index (χ2n) is 3.64. The summed E-state index contributed by atoms with van der Waals surface area (Å²) < 4.78 is 4.56. The standard InChI is InChI=1S/C10H14O4/c1-10(9(12)13)6-4-3-5-7(10)8(11)14-2/h5H,3-4,6H2,1-2H3,(H,12,13)/t10-/m1/s1. The number of hydrogen-bond donors (Lipinski definition) is 1. The van der Waals surface area contributed by atoms with Gasteiger partial charge in [0.15, 0.2) is 0 Å². The van der Waals surface area contributed by atoms with Gasteiger partial charge in [-0.2, -0.15) is 0 Å². The number of ether oxygens (including phenoxy) is 1. The van der Waals surface area contributed by atoms with Crippen molar-refractivity contribution in [1.82, 2.24) is 0 Å². The van der Waals surface area contributed by atoms with Crippen molar-refractivity contribution in [2.24, 2.45) is 5.41 Å². The number of hydrogen-bond acceptors (Lipinski definition) is 3. The Bertz CT molecular complexity index is 292. The van der Waals surface area contributed by atoms with Crippen LogP contribution < -0.4 is 0 Å². The van der Waals surface area contributed by atoms with Crippen LogP contribution in [0.25, 0.3) is 0 Å². The number of carbonyl (C=O) groups is 2. The maximum absolute atomic E-state index is 11.3. The molecule has 0 unspecified atom stereocenters. The molecule has 4 heteroatoms. The Kier molecular flexibility index (Phi) is 2.93. The minimum atomic E-state index is -1.08. The zero-order valence-electron chi connectivity index (χ0n) is 8.37. The summed E-state index contributed by atoms with van der Waals surface area (Å²) in [4.78, 5) is 22.4. The normalized spacial score (nSPS) is 26.6. The molecule has 14 heavy (non-hydrogen) atoms. The fraction of sp³-hybridized carbons (Fsp3) is 0.600. The maximum Gasteiger partial charge on any atom is 0.334 e. The Hall–Kier alpha value is -1.32. The second kappa shape index (κ2) is 3.82. The molecule has 0 amide bonds. The quantitative estimate of drug-likeness (QED) is 0.680. The van der Waals surface area contributed by atoms with E-state index in [0.29, 0.717) is 6.42 Å². The van der Waals surface area contributed by atoms with Gasteiger partial charge < -0.3 is 9.84 Å². The number of rotatable bonds is 2. The van der Waals surface area contributed by atoms with Gasteiger partial charge in [0, 0.05) is 0 Å². The molecule has 0 aromatic carbocycles. The average Bonchev–Trinajstić information content (AvgIpc) is 2.17. The summed E-state index contributed by atoms with van der Waals surface area (Å²) in [5, 5.41) is 9.06. The van der Waals surface area contributed by atoms with Gasteiger partial charge in [0.1, 0.15) is 0 Å². The molecule has 0 saturated heterocycles. The highest BCUT2D eigenvalue weighted by molar-refractivity contribution is 5.97. The number of aliphatic carboxylic acids is 1. The number of allylic oxidation sites excluding steroid dienone is 1. The van der Waals surface area contributed by atoms with Crippen LogP contribution in [0.2, 0.25) is 0 Å². The molecule has 0 spiro atoms. The molecule has 1 atom stereocenters. The van der Waals surface area contributed by atoms with Crippen LogP contribution in [0.5, 0.6) is 0 Å². The highest BCUT2D eigenvalue weighted by Gasteiger charge is 2.42. The number of esters is 1. The Balaban J connectivity index is 3.05. The van der Waals surface area contributed by atoms with Gasteiger partial charge in [-0.1, -0.05) is 6.08 Å². The predicted octanol–water partition coefficient (Wildman–Crippen LogP) is 1.36. The lowest BCUT2D eigenvalue weighted by Crippen LogP contribution is -2.35. The Labute approximate surface area is 82.6 Å². The third kappa shape index (κ3) is 1.64. The molecule has 0 heterocycles.